The van der Waals surface area contributed by atoms with E-state index < -0.39 is 11.4 Å². The predicted octanol–water partition coefficient (Wildman–Crippen LogP) is 1.95. The third-order valence-corrected chi connectivity index (χ3v) is 4.13. The largest absolute Gasteiger partial charge is 0.481 e. The Kier molecular flexibility index (Phi) is 3.97. The van der Waals surface area contributed by atoms with E-state index in [1.165, 1.54) is 0 Å². The number of carbonyl (C=O) groups is 2. The van der Waals surface area contributed by atoms with Crippen LogP contribution in [0.3, 0.4) is 0 Å². The molecule has 0 radical (unpaired) electrons. The summed E-state index contributed by atoms with van der Waals surface area (Å²) in [6.07, 6.45) is 3.07. The van der Waals surface area contributed by atoms with Crippen LogP contribution in [0.5, 0.6) is 0 Å². The van der Waals surface area contributed by atoms with Gasteiger partial charge in [-0.2, -0.15) is 0 Å². The first-order valence-electron chi connectivity index (χ1n) is 6.82. The maximum atomic E-state index is 12.1. The van der Waals surface area contributed by atoms with Crippen LogP contribution in [0.25, 0.3) is 0 Å². The summed E-state index contributed by atoms with van der Waals surface area (Å²) in [7, 11) is 0. The molecule has 1 amide bonds. The third-order valence-electron chi connectivity index (χ3n) is 4.13. The molecule has 0 heterocycles. The Hall–Kier alpha value is -2.04. The molecule has 1 aliphatic carbocycles. The zero-order valence-electron chi connectivity index (χ0n) is 11.6. The zero-order valence-corrected chi connectivity index (χ0v) is 11.6. The lowest BCUT2D eigenvalue weighted by atomic mass is 9.86. The van der Waals surface area contributed by atoms with Crippen molar-refractivity contribution in [2.75, 3.05) is 12.3 Å². The Balaban J connectivity index is 2.04. The van der Waals surface area contributed by atoms with E-state index in [4.69, 9.17) is 5.73 Å². The highest BCUT2D eigenvalue weighted by molar-refractivity contribution is 5.95. The van der Waals surface area contributed by atoms with Crippen molar-refractivity contribution in [1.29, 1.82) is 0 Å². The molecular weight excluding hydrogens is 256 g/mol. The summed E-state index contributed by atoms with van der Waals surface area (Å²) in [4.78, 5) is 23.5. The van der Waals surface area contributed by atoms with Crippen molar-refractivity contribution in [3.8, 4) is 0 Å². The summed E-state index contributed by atoms with van der Waals surface area (Å²) in [5, 5.41) is 12.1. The summed E-state index contributed by atoms with van der Waals surface area (Å²) in [6, 6.07) is 5.05. The topological polar surface area (TPSA) is 92.4 Å². The highest BCUT2D eigenvalue weighted by atomic mass is 16.4. The van der Waals surface area contributed by atoms with Crippen LogP contribution < -0.4 is 11.1 Å². The Morgan fingerprint density at radius 3 is 2.55 bits per heavy atom. The number of nitrogen functional groups attached to an aromatic ring is 1. The monoisotopic (exact) mass is 276 g/mol. The zero-order chi connectivity index (χ0) is 14.8. The second kappa shape index (κ2) is 5.53. The minimum Gasteiger partial charge on any atom is -0.481 e. The average molecular weight is 276 g/mol. The fraction of sp³-hybridized carbons (Fsp3) is 0.467. The van der Waals surface area contributed by atoms with Crippen LogP contribution in [0.2, 0.25) is 0 Å². The van der Waals surface area contributed by atoms with Crippen molar-refractivity contribution in [2.45, 2.75) is 32.6 Å². The van der Waals surface area contributed by atoms with E-state index in [-0.39, 0.29) is 12.5 Å². The standard InChI is InChI=1S/C15H20N2O3/c1-10-8-11(4-5-12(10)16)13(18)17-9-15(14(19)20)6-2-3-7-15/h4-5,8H,2-3,6-7,9,16H2,1H3,(H,17,18)(H,19,20). The number of nitrogens with two attached hydrogens (primary N) is 1. The molecule has 1 saturated carbocycles. The summed E-state index contributed by atoms with van der Waals surface area (Å²) >= 11 is 0. The first-order chi connectivity index (χ1) is 9.44. The second-order valence-corrected chi connectivity index (χ2v) is 5.55. The molecule has 1 aliphatic rings. The van der Waals surface area contributed by atoms with Gasteiger partial charge in [-0.3, -0.25) is 9.59 Å². The number of hydrogen-bond donors (Lipinski definition) is 3. The summed E-state index contributed by atoms with van der Waals surface area (Å²) < 4.78 is 0. The van der Waals surface area contributed by atoms with Gasteiger partial charge in [0.05, 0.1) is 5.41 Å². The normalized spacial score (nSPS) is 16.9. The van der Waals surface area contributed by atoms with Crippen LogP contribution >= 0.6 is 0 Å². The van der Waals surface area contributed by atoms with Crippen molar-refractivity contribution in [2.24, 2.45) is 5.41 Å². The van der Waals surface area contributed by atoms with E-state index in [1.807, 2.05) is 6.92 Å². The number of carbonyl (C=O) groups excluding carboxylic acids is 1. The Morgan fingerprint density at radius 2 is 2.00 bits per heavy atom. The van der Waals surface area contributed by atoms with Gasteiger partial charge in [0.1, 0.15) is 0 Å². The van der Waals surface area contributed by atoms with Gasteiger partial charge in [0, 0.05) is 17.8 Å². The third kappa shape index (κ3) is 2.76. The van der Waals surface area contributed by atoms with E-state index >= 15 is 0 Å². The van der Waals surface area contributed by atoms with Crippen molar-refractivity contribution in [1.82, 2.24) is 5.32 Å². The SMILES string of the molecule is Cc1cc(C(=O)NCC2(C(=O)O)CCCC2)ccc1N. The van der Waals surface area contributed by atoms with Gasteiger partial charge in [0.25, 0.3) is 5.91 Å². The minimum atomic E-state index is -0.816. The molecule has 5 heteroatoms. The van der Waals surface area contributed by atoms with Crippen molar-refractivity contribution in [3.05, 3.63) is 29.3 Å². The van der Waals surface area contributed by atoms with Gasteiger partial charge in [0.2, 0.25) is 0 Å². The second-order valence-electron chi connectivity index (χ2n) is 5.55. The molecule has 5 nitrogen and oxygen atoms in total. The molecule has 1 fully saturated rings. The van der Waals surface area contributed by atoms with Gasteiger partial charge in [-0.05, 0) is 43.5 Å². The van der Waals surface area contributed by atoms with E-state index in [1.54, 1.807) is 18.2 Å². The highest BCUT2D eigenvalue weighted by Gasteiger charge is 2.41. The van der Waals surface area contributed by atoms with Crippen LogP contribution in [-0.4, -0.2) is 23.5 Å². The number of aliphatic carboxylic acids is 1. The highest BCUT2D eigenvalue weighted by Crippen LogP contribution is 2.37. The molecular formula is C15H20N2O3. The maximum absolute atomic E-state index is 12.1. The van der Waals surface area contributed by atoms with E-state index in [0.717, 1.165) is 18.4 Å². The number of nitrogens with one attached hydrogen (secondary N) is 1. The summed E-state index contributed by atoms with van der Waals surface area (Å²) in [6.45, 7) is 2.02. The van der Waals surface area contributed by atoms with Gasteiger partial charge in [0.15, 0.2) is 0 Å². The van der Waals surface area contributed by atoms with Crippen LogP contribution in [0.15, 0.2) is 18.2 Å². The summed E-state index contributed by atoms with van der Waals surface area (Å²) in [5.74, 6) is -1.07. The number of aryl methyl sites for hydroxylation is 1. The predicted molar refractivity (Wildman–Crippen MR) is 76.5 cm³/mol. The molecule has 0 atom stereocenters. The summed E-state index contributed by atoms with van der Waals surface area (Å²) in [5.41, 5.74) is 6.91. The lowest BCUT2D eigenvalue weighted by Gasteiger charge is -2.24. The minimum absolute atomic E-state index is 0.185. The number of carboxylic acid groups (broad SMARTS) is 1. The number of amides is 1. The molecule has 0 saturated heterocycles. The molecule has 0 unspecified atom stereocenters. The number of hydrogen-bond acceptors (Lipinski definition) is 3. The lowest BCUT2D eigenvalue weighted by Crippen LogP contribution is -2.41. The molecule has 1 aromatic carbocycles. The molecule has 20 heavy (non-hydrogen) atoms. The quantitative estimate of drug-likeness (QED) is 0.733. The van der Waals surface area contributed by atoms with E-state index in [9.17, 15) is 14.7 Å². The Bertz CT molecular complexity index is 534. The molecule has 1 aromatic rings. The molecule has 0 aromatic heterocycles. The van der Waals surface area contributed by atoms with Gasteiger partial charge >= 0.3 is 5.97 Å². The van der Waals surface area contributed by atoms with E-state index in [2.05, 4.69) is 5.32 Å². The number of anilines is 1. The van der Waals surface area contributed by atoms with E-state index in [0.29, 0.717) is 24.1 Å². The van der Waals surface area contributed by atoms with Gasteiger partial charge in [-0.25, -0.2) is 0 Å². The molecule has 0 spiro atoms. The Labute approximate surface area is 118 Å². The number of benzene rings is 1. The number of rotatable bonds is 4. The van der Waals surface area contributed by atoms with Crippen molar-refractivity contribution in [3.63, 3.8) is 0 Å². The van der Waals surface area contributed by atoms with Gasteiger partial charge in [-0.1, -0.05) is 12.8 Å². The first-order valence-corrected chi connectivity index (χ1v) is 6.82. The number of carboxylic acids is 1. The lowest BCUT2D eigenvalue weighted by molar-refractivity contribution is -0.148. The fourth-order valence-electron chi connectivity index (χ4n) is 2.69. The van der Waals surface area contributed by atoms with Gasteiger partial charge < -0.3 is 16.2 Å². The molecule has 2 rings (SSSR count). The first kappa shape index (κ1) is 14.4. The smallest absolute Gasteiger partial charge is 0.311 e. The van der Waals surface area contributed by atoms with Crippen LogP contribution in [0.4, 0.5) is 5.69 Å². The fourth-order valence-corrected chi connectivity index (χ4v) is 2.69. The molecule has 4 N–H and O–H groups in total. The van der Waals surface area contributed by atoms with Crippen LogP contribution in [-0.2, 0) is 4.79 Å². The van der Waals surface area contributed by atoms with Gasteiger partial charge in [-0.15, -0.1) is 0 Å². The average Bonchev–Trinajstić information content (AvgIpc) is 2.89. The van der Waals surface area contributed by atoms with Crippen molar-refractivity contribution < 1.29 is 14.7 Å². The maximum Gasteiger partial charge on any atom is 0.311 e. The Morgan fingerprint density at radius 1 is 1.35 bits per heavy atom. The van der Waals surface area contributed by atoms with Crippen LogP contribution in [0, 0.1) is 12.3 Å². The molecule has 0 aliphatic heterocycles. The van der Waals surface area contributed by atoms with Crippen LogP contribution in [0.1, 0.15) is 41.6 Å². The molecule has 0 bridgehead atoms. The molecule has 108 valence electrons. The van der Waals surface area contributed by atoms with Crippen molar-refractivity contribution >= 4 is 17.6 Å².